The number of rotatable bonds is 2. The van der Waals surface area contributed by atoms with E-state index >= 15 is 0 Å². The van der Waals surface area contributed by atoms with E-state index in [1.165, 1.54) is 12.1 Å². The van der Waals surface area contributed by atoms with E-state index in [9.17, 15) is 9.18 Å². The second kappa shape index (κ2) is 6.62. The number of hydrogen-bond donors (Lipinski definition) is 1. The molecule has 6 heteroatoms. The summed E-state index contributed by atoms with van der Waals surface area (Å²) >= 11 is 0. The van der Waals surface area contributed by atoms with Gasteiger partial charge < -0.3 is 5.32 Å². The zero-order chi connectivity index (χ0) is 21.0. The third kappa shape index (κ3) is 3.03. The maximum atomic E-state index is 13.6. The number of anilines is 1. The quantitative estimate of drug-likeness (QED) is 0.652. The van der Waals surface area contributed by atoms with Crippen LogP contribution < -0.4 is 5.32 Å². The molecule has 0 saturated carbocycles. The fourth-order valence-electron chi connectivity index (χ4n) is 4.50. The second-order valence-electron chi connectivity index (χ2n) is 8.93. The van der Waals surface area contributed by atoms with Gasteiger partial charge in [-0.3, -0.25) is 4.79 Å². The van der Waals surface area contributed by atoms with E-state index in [-0.39, 0.29) is 17.0 Å². The van der Waals surface area contributed by atoms with Gasteiger partial charge in [-0.1, -0.05) is 50.2 Å². The fourth-order valence-corrected chi connectivity index (χ4v) is 4.50. The number of nitrogens with one attached hydrogen (secondary N) is 1. The predicted molar refractivity (Wildman–Crippen MR) is 113 cm³/mol. The van der Waals surface area contributed by atoms with Gasteiger partial charge in [-0.25, -0.2) is 9.07 Å². The van der Waals surface area contributed by atoms with Crippen LogP contribution in [0, 0.1) is 18.2 Å². The van der Waals surface area contributed by atoms with Crippen molar-refractivity contribution in [1.82, 2.24) is 14.8 Å². The molecule has 5 rings (SSSR count). The molecule has 1 atom stereocenters. The van der Waals surface area contributed by atoms with E-state index in [0.717, 1.165) is 28.8 Å². The van der Waals surface area contributed by atoms with E-state index in [1.807, 2.05) is 31.2 Å². The highest BCUT2D eigenvalue weighted by atomic mass is 19.1. The maximum absolute atomic E-state index is 13.6. The molecule has 30 heavy (non-hydrogen) atoms. The number of carbonyl (C=O) groups excluding carboxylic acids is 1. The molecule has 0 amide bonds. The molecule has 5 nitrogen and oxygen atoms in total. The average molecular weight is 402 g/mol. The van der Waals surface area contributed by atoms with Crippen molar-refractivity contribution in [3.05, 3.63) is 76.7 Å². The van der Waals surface area contributed by atoms with Gasteiger partial charge in [0.1, 0.15) is 11.9 Å². The van der Waals surface area contributed by atoms with E-state index in [4.69, 9.17) is 10.1 Å². The molecule has 1 unspecified atom stereocenters. The first-order valence-corrected chi connectivity index (χ1v) is 10.1. The van der Waals surface area contributed by atoms with Crippen LogP contribution in [0.1, 0.15) is 43.9 Å². The van der Waals surface area contributed by atoms with Gasteiger partial charge in [-0.05, 0) is 42.0 Å². The standard InChI is InChI=1S/C24H23FN4O/c1-14-6-4-5-7-17(14)22-27-23-26-18-12-24(2,3)13-19(30)20(18)21(29(23)28-22)15-8-10-16(25)11-9-15/h4-11,21H,12-13H2,1-3H3,(H,26,27,28). The lowest BCUT2D eigenvalue weighted by Gasteiger charge is -2.38. The van der Waals surface area contributed by atoms with Crippen molar-refractivity contribution in [2.75, 3.05) is 5.32 Å². The van der Waals surface area contributed by atoms with Crippen molar-refractivity contribution in [1.29, 1.82) is 0 Å². The van der Waals surface area contributed by atoms with Gasteiger partial charge in [-0.15, -0.1) is 5.10 Å². The number of Topliss-reactive ketones (excluding diaryl/α,β-unsaturated/α-hetero) is 1. The lowest BCUT2D eigenvalue weighted by Crippen LogP contribution is -2.36. The zero-order valence-electron chi connectivity index (χ0n) is 17.2. The lowest BCUT2D eigenvalue weighted by molar-refractivity contribution is -0.118. The molecule has 0 bridgehead atoms. The molecule has 0 saturated heterocycles. The molecule has 1 aromatic heterocycles. The number of ketones is 1. The van der Waals surface area contributed by atoms with E-state index < -0.39 is 6.04 Å². The van der Waals surface area contributed by atoms with Gasteiger partial charge in [0.15, 0.2) is 11.6 Å². The minimum atomic E-state index is -0.425. The van der Waals surface area contributed by atoms with Crippen LogP contribution in [0.3, 0.4) is 0 Å². The van der Waals surface area contributed by atoms with Crippen molar-refractivity contribution >= 4 is 11.7 Å². The number of aromatic nitrogens is 3. The monoisotopic (exact) mass is 402 g/mol. The summed E-state index contributed by atoms with van der Waals surface area (Å²) in [6.07, 6.45) is 1.22. The summed E-state index contributed by atoms with van der Waals surface area (Å²) in [5, 5.41) is 8.17. The van der Waals surface area contributed by atoms with E-state index in [0.29, 0.717) is 23.8 Å². The number of benzene rings is 2. The summed E-state index contributed by atoms with van der Waals surface area (Å²) in [4.78, 5) is 18.0. The highest BCUT2D eigenvalue weighted by Gasteiger charge is 2.41. The van der Waals surface area contributed by atoms with Gasteiger partial charge in [0, 0.05) is 23.3 Å². The Morgan fingerprint density at radius 3 is 2.57 bits per heavy atom. The topological polar surface area (TPSA) is 59.8 Å². The van der Waals surface area contributed by atoms with Gasteiger partial charge in [0.05, 0.1) is 0 Å². The first kappa shape index (κ1) is 18.7. The van der Waals surface area contributed by atoms with Crippen molar-refractivity contribution in [3.63, 3.8) is 0 Å². The Hall–Kier alpha value is -3.28. The molecule has 2 aliphatic rings. The van der Waals surface area contributed by atoms with Gasteiger partial charge >= 0.3 is 0 Å². The summed E-state index contributed by atoms with van der Waals surface area (Å²) in [7, 11) is 0. The lowest BCUT2D eigenvalue weighted by atomic mass is 9.73. The molecular weight excluding hydrogens is 379 g/mol. The smallest absolute Gasteiger partial charge is 0.226 e. The minimum Gasteiger partial charge on any atom is -0.328 e. The number of allylic oxidation sites excluding steroid dienone is 2. The minimum absolute atomic E-state index is 0.0988. The Labute approximate surface area is 174 Å². The van der Waals surface area contributed by atoms with Crippen LogP contribution in [0.2, 0.25) is 0 Å². The molecule has 0 radical (unpaired) electrons. The summed E-state index contributed by atoms with van der Waals surface area (Å²) in [5.41, 5.74) is 4.31. The molecular formula is C24H23FN4O. The van der Waals surface area contributed by atoms with Crippen molar-refractivity contribution in [3.8, 4) is 11.4 Å². The van der Waals surface area contributed by atoms with Crippen LogP contribution in [0.25, 0.3) is 11.4 Å². The summed E-state index contributed by atoms with van der Waals surface area (Å²) in [5.74, 6) is 1.00. The highest BCUT2D eigenvalue weighted by molar-refractivity contribution is 6.00. The van der Waals surface area contributed by atoms with Gasteiger partial charge in [-0.2, -0.15) is 4.98 Å². The molecule has 1 N–H and O–H groups in total. The van der Waals surface area contributed by atoms with Crippen LogP contribution in [0.15, 0.2) is 59.8 Å². The molecule has 3 aromatic rings. The number of nitrogens with zero attached hydrogens (tertiary/aromatic N) is 3. The Morgan fingerprint density at radius 1 is 1.10 bits per heavy atom. The predicted octanol–water partition coefficient (Wildman–Crippen LogP) is 5.05. The number of carbonyl (C=O) groups is 1. The molecule has 2 aromatic carbocycles. The molecule has 1 aliphatic carbocycles. The first-order valence-electron chi connectivity index (χ1n) is 10.1. The SMILES string of the molecule is Cc1ccccc1-c1nc2n(n1)C(c1ccc(F)cc1)C1=C(CC(C)(C)CC1=O)N2. The average Bonchev–Trinajstić information content (AvgIpc) is 3.10. The fraction of sp³-hybridized carbons (Fsp3) is 0.292. The normalized spacial score (nSPS) is 19.9. The molecule has 0 fully saturated rings. The third-order valence-electron chi connectivity index (χ3n) is 5.90. The zero-order valence-corrected chi connectivity index (χ0v) is 17.2. The van der Waals surface area contributed by atoms with Crippen molar-refractivity contribution in [2.45, 2.75) is 39.7 Å². The Morgan fingerprint density at radius 2 is 1.83 bits per heavy atom. The van der Waals surface area contributed by atoms with Crippen molar-refractivity contribution in [2.24, 2.45) is 5.41 Å². The summed E-state index contributed by atoms with van der Waals surface area (Å²) < 4.78 is 15.4. The van der Waals surface area contributed by atoms with Gasteiger partial charge in [0.25, 0.3) is 0 Å². The maximum Gasteiger partial charge on any atom is 0.226 e. The van der Waals surface area contributed by atoms with Crippen LogP contribution in [0.5, 0.6) is 0 Å². The van der Waals surface area contributed by atoms with Crippen LogP contribution in [-0.2, 0) is 4.79 Å². The van der Waals surface area contributed by atoms with Crippen molar-refractivity contribution < 1.29 is 9.18 Å². The second-order valence-corrected chi connectivity index (χ2v) is 8.93. The van der Waals surface area contributed by atoms with Gasteiger partial charge in [0.2, 0.25) is 5.95 Å². The third-order valence-corrected chi connectivity index (χ3v) is 5.90. The van der Waals surface area contributed by atoms with Crippen LogP contribution >= 0.6 is 0 Å². The van der Waals surface area contributed by atoms with Crippen LogP contribution in [0.4, 0.5) is 10.3 Å². The number of aryl methyl sites for hydroxylation is 1. The Balaban J connectivity index is 1.69. The number of halogens is 1. The summed E-state index contributed by atoms with van der Waals surface area (Å²) in [6, 6.07) is 13.8. The number of fused-ring (bicyclic) bond motifs is 1. The Bertz CT molecular complexity index is 1190. The van der Waals surface area contributed by atoms with E-state index in [1.54, 1.807) is 16.8 Å². The largest absolute Gasteiger partial charge is 0.328 e. The number of hydrogen-bond acceptors (Lipinski definition) is 4. The highest BCUT2D eigenvalue weighted by Crippen LogP contribution is 2.45. The van der Waals surface area contributed by atoms with E-state index in [2.05, 4.69) is 19.2 Å². The van der Waals surface area contributed by atoms with Crippen LogP contribution in [-0.4, -0.2) is 20.5 Å². The molecule has 1 aliphatic heterocycles. The Kier molecular flexibility index (Phi) is 4.13. The summed E-state index contributed by atoms with van der Waals surface area (Å²) in [6.45, 7) is 6.22. The molecule has 0 spiro atoms. The molecule has 152 valence electrons. The molecule has 2 heterocycles. The first-order chi connectivity index (χ1) is 14.3.